The van der Waals surface area contributed by atoms with Gasteiger partial charge in [0.2, 0.25) is 5.91 Å². The molecular weight excluding hydrogens is 326 g/mol. The van der Waals surface area contributed by atoms with Crippen molar-refractivity contribution in [3.8, 4) is 10.6 Å². The minimum absolute atomic E-state index is 0. The maximum Gasteiger partial charge on any atom is 0.226 e. The Labute approximate surface area is 139 Å². The highest BCUT2D eigenvalue weighted by Gasteiger charge is 2.13. The van der Waals surface area contributed by atoms with Crippen molar-refractivity contribution in [3.05, 3.63) is 21.9 Å². The third-order valence-electron chi connectivity index (χ3n) is 2.84. The van der Waals surface area contributed by atoms with Crippen molar-refractivity contribution in [2.24, 2.45) is 5.73 Å². The van der Waals surface area contributed by atoms with E-state index in [2.05, 4.69) is 29.4 Å². The highest BCUT2D eigenvalue weighted by Crippen LogP contribution is 2.34. The number of nitrogens with zero attached hydrogens (tertiary/aromatic N) is 1. The predicted molar refractivity (Wildman–Crippen MR) is 93.7 cm³/mol. The van der Waals surface area contributed by atoms with Crippen molar-refractivity contribution in [1.82, 2.24) is 4.98 Å². The monoisotopic (exact) mass is 345 g/mol. The van der Waals surface area contributed by atoms with Gasteiger partial charge >= 0.3 is 0 Å². The van der Waals surface area contributed by atoms with Crippen LogP contribution in [-0.4, -0.2) is 16.9 Å². The molecule has 0 aliphatic heterocycles. The summed E-state index contributed by atoms with van der Waals surface area (Å²) in [6.07, 6.45) is 1.12. The first-order valence-electron chi connectivity index (χ1n) is 6.55. The van der Waals surface area contributed by atoms with E-state index < -0.39 is 0 Å². The summed E-state index contributed by atoms with van der Waals surface area (Å²) >= 11 is 3.23. The molecule has 0 saturated carbocycles. The van der Waals surface area contributed by atoms with Crippen LogP contribution in [0, 0.1) is 13.8 Å². The number of carbonyl (C=O) groups is 1. The van der Waals surface area contributed by atoms with Crippen LogP contribution in [0.4, 0.5) is 5.13 Å². The van der Waals surface area contributed by atoms with Crippen LogP contribution in [0.1, 0.15) is 29.5 Å². The molecule has 0 saturated heterocycles. The number of hydrogen-bond acceptors (Lipinski definition) is 5. The number of carbonyl (C=O) groups excluding carboxylic acids is 1. The SMILES string of the molecule is Cc1ccc(-c2nc(NC(=O)CCC(C)N)sc2C)s1.Cl. The average molecular weight is 346 g/mol. The summed E-state index contributed by atoms with van der Waals surface area (Å²) in [5.41, 5.74) is 6.62. The van der Waals surface area contributed by atoms with Gasteiger partial charge in [-0.1, -0.05) is 0 Å². The van der Waals surface area contributed by atoms with E-state index in [4.69, 9.17) is 5.73 Å². The van der Waals surface area contributed by atoms with Gasteiger partial charge in [0.25, 0.3) is 0 Å². The lowest BCUT2D eigenvalue weighted by Gasteiger charge is -2.04. The Bertz CT molecular complexity index is 607. The molecule has 7 heteroatoms. The van der Waals surface area contributed by atoms with Gasteiger partial charge in [0, 0.05) is 22.2 Å². The summed E-state index contributed by atoms with van der Waals surface area (Å²) in [6, 6.07) is 4.20. The number of nitrogens with one attached hydrogen (secondary N) is 1. The summed E-state index contributed by atoms with van der Waals surface area (Å²) in [5, 5.41) is 3.52. The number of thiophene rings is 1. The zero-order chi connectivity index (χ0) is 14.7. The highest BCUT2D eigenvalue weighted by atomic mass is 35.5. The zero-order valence-corrected chi connectivity index (χ0v) is 14.8. The van der Waals surface area contributed by atoms with Crippen LogP contribution in [0.15, 0.2) is 12.1 Å². The molecule has 4 nitrogen and oxygen atoms in total. The summed E-state index contributed by atoms with van der Waals surface area (Å²) in [4.78, 5) is 19.8. The number of aromatic nitrogens is 1. The summed E-state index contributed by atoms with van der Waals surface area (Å²) < 4.78 is 0. The van der Waals surface area contributed by atoms with Crippen molar-refractivity contribution in [3.63, 3.8) is 0 Å². The van der Waals surface area contributed by atoms with E-state index in [0.29, 0.717) is 18.0 Å². The van der Waals surface area contributed by atoms with Gasteiger partial charge in [-0.3, -0.25) is 4.79 Å². The third-order valence-corrected chi connectivity index (χ3v) is 4.74. The van der Waals surface area contributed by atoms with Crippen LogP contribution < -0.4 is 11.1 Å². The smallest absolute Gasteiger partial charge is 0.226 e. The summed E-state index contributed by atoms with van der Waals surface area (Å²) in [5.74, 6) is -0.0232. The van der Waals surface area contributed by atoms with E-state index in [0.717, 1.165) is 15.4 Å². The molecule has 0 bridgehead atoms. The Morgan fingerprint density at radius 2 is 2.10 bits per heavy atom. The van der Waals surface area contributed by atoms with Crippen LogP contribution in [0.5, 0.6) is 0 Å². The van der Waals surface area contributed by atoms with Crippen LogP contribution in [0.25, 0.3) is 10.6 Å². The van der Waals surface area contributed by atoms with Gasteiger partial charge in [-0.2, -0.15) is 0 Å². The van der Waals surface area contributed by atoms with Crippen LogP contribution in [0.3, 0.4) is 0 Å². The molecule has 3 N–H and O–H groups in total. The molecule has 21 heavy (non-hydrogen) atoms. The summed E-state index contributed by atoms with van der Waals surface area (Å²) in [7, 11) is 0. The number of anilines is 1. The normalized spacial score (nSPS) is 11.8. The van der Waals surface area contributed by atoms with E-state index in [1.54, 1.807) is 11.3 Å². The highest BCUT2D eigenvalue weighted by molar-refractivity contribution is 7.18. The van der Waals surface area contributed by atoms with Crippen molar-refractivity contribution >= 4 is 46.1 Å². The fourth-order valence-electron chi connectivity index (χ4n) is 1.78. The lowest BCUT2D eigenvalue weighted by molar-refractivity contribution is -0.116. The van der Waals surface area contributed by atoms with Crippen molar-refractivity contribution < 1.29 is 4.79 Å². The number of rotatable bonds is 5. The maximum atomic E-state index is 11.8. The molecule has 116 valence electrons. The quantitative estimate of drug-likeness (QED) is 0.861. The number of halogens is 1. The maximum absolute atomic E-state index is 11.8. The average Bonchev–Trinajstić information content (AvgIpc) is 2.93. The van der Waals surface area contributed by atoms with E-state index in [-0.39, 0.29) is 24.4 Å². The molecule has 1 unspecified atom stereocenters. The van der Waals surface area contributed by atoms with E-state index >= 15 is 0 Å². The number of thiazole rings is 1. The summed E-state index contributed by atoms with van der Waals surface area (Å²) in [6.45, 7) is 6.00. The Morgan fingerprint density at radius 1 is 1.38 bits per heavy atom. The molecule has 1 amide bonds. The second-order valence-electron chi connectivity index (χ2n) is 4.90. The standard InChI is InChI=1S/C14H19N3OS2.ClH/c1-8(15)4-7-12(18)16-14-17-13(10(3)20-14)11-6-5-9(2)19-11;/h5-6,8H,4,7,15H2,1-3H3,(H,16,17,18);1H. The molecule has 0 aliphatic rings. The molecule has 0 aromatic carbocycles. The van der Waals surface area contributed by atoms with Gasteiger partial charge in [0.1, 0.15) is 0 Å². The largest absolute Gasteiger partial charge is 0.328 e. The first-order valence-corrected chi connectivity index (χ1v) is 8.18. The first kappa shape index (κ1) is 18.1. The Balaban J connectivity index is 0.00000220. The molecule has 2 heterocycles. The predicted octanol–water partition coefficient (Wildman–Crippen LogP) is 3.98. The molecule has 0 spiro atoms. The Kier molecular flexibility index (Phi) is 6.80. The number of hydrogen-bond donors (Lipinski definition) is 2. The van der Waals surface area contributed by atoms with Crippen molar-refractivity contribution in [2.45, 2.75) is 39.7 Å². The van der Waals surface area contributed by atoms with Gasteiger partial charge < -0.3 is 11.1 Å². The second-order valence-corrected chi connectivity index (χ2v) is 7.39. The number of amides is 1. The number of nitrogens with two attached hydrogens (primary N) is 1. The lowest BCUT2D eigenvalue weighted by Crippen LogP contribution is -2.19. The van der Waals surface area contributed by atoms with E-state index in [1.807, 2.05) is 13.8 Å². The van der Waals surface area contributed by atoms with E-state index in [9.17, 15) is 4.79 Å². The topological polar surface area (TPSA) is 68.0 Å². The third kappa shape index (κ3) is 5.07. The molecule has 2 aromatic rings. The van der Waals surface area contributed by atoms with E-state index in [1.165, 1.54) is 16.2 Å². The number of aryl methyl sites for hydroxylation is 2. The fraction of sp³-hybridized carbons (Fsp3) is 0.429. The van der Waals surface area contributed by atoms with Gasteiger partial charge in [-0.25, -0.2) is 4.98 Å². The molecule has 0 aliphatic carbocycles. The van der Waals surface area contributed by atoms with Gasteiger partial charge in [-0.15, -0.1) is 35.1 Å². The van der Waals surface area contributed by atoms with Gasteiger partial charge in [0.15, 0.2) is 5.13 Å². The van der Waals surface area contributed by atoms with Crippen molar-refractivity contribution in [2.75, 3.05) is 5.32 Å². The lowest BCUT2D eigenvalue weighted by atomic mass is 10.2. The van der Waals surface area contributed by atoms with Crippen LogP contribution >= 0.6 is 35.1 Å². The molecular formula is C14H20ClN3OS2. The minimum Gasteiger partial charge on any atom is -0.328 e. The molecule has 2 aromatic heterocycles. The van der Waals surface area contributed by atoms with Gasteiger partial charge in [-0.05, 0) is 39.3 Å². The first-order chi connectivity index (χ1) is 9.45. The molecule has 1 atom stereocenters. The molecule has 0 fully saturated rings. The van der Waals surface area contributed by atoms with Crippen LogP contribution in [-0.2, 0) is 4.79 Å². The zero-order valence-electron chi connectivity index (χ0n) is 12.3. The van der Waals surface area contributed by atoms with Crippen molar-refractivity contribution in [1.29, 1.82) is 0 Å². The Morgan fingerprint density at radius 3 is 2.67 bits per heavy atom. The fourth-order valence-corrected chi connectivity index (χ4v) is 3.60. The Hall–Kier alpha value is -0.950. The minimum atomic E-state index is -0.0232. The second kappa shape index (κ2) is 7.89. The molecule has 0 radical (unpaired) electrons. The van der Waals surface area contributed by atoms with Gasteiger partial charge in [0.05, 0.1) is 10.6 Å². The van der Waals surface area contributed by atoms with Crippen LogP contribution in [0.2, 0.25) is 0 Å². The molecule has 2 rings (SSSR count).